The van der Waals surface area contributed by atoms with Crippen LogP contribution in [0.15, 0.2) is 53.9 Å². The van der Waals surface area contributed by atoms with E-state index in [2.05, 4.69) is 29.4 Å². The zero-order chi connectivity index (χ0) is 18.4. The maximum absolute atomic E-state index is 12.3. The second-order valence-electron chi connectivity index (χ2n) is 5.91. The van der Waals surface area contributed by atoms with Gasteiger partial charge < -0.3 is 5.32 Å². The van der Waals surface area contributed by atoms with Gasteiger partial charge in [0.1, 0.15) is 0 Å². The molecule has 0 aliphatic heterocycles. The summed E-state index contributed by atoms with van der Waals surface area (Å²) in [5.41, 5.74) is 2.06. The molecule has 0 spiro atoms. The van der Waals surface area contributed by atoms with Gasteiger partial charge in [-0.2, -0.15) is 0 Å². The molecule has 0 fully saturated rings. The molecular weight excluding hydrogens is 346 g/mol. The molecule has 136 valence electrons. The highest BCUT2D eigenvalue weighted by Crippen LogP contribution is 2.19. The van der Waals surface area contributed by atoms with Crippen molar-refractivity contribution in [2.75, 3.05) is 11.1 Å². The van der Waals surface area contributed by atoms with Crippen molar-refractivity contribution in [2.24, 2.45) is 0 Å². The van der Waals surface area contributed by atoms with Crippen molar-refractivity contribution in [1.29, 1.82) is 0 Å². The summed E-state index contributed by atoms with van der Waals surface area (Å²) in [5.74, 6) is 1.11. The molecular formula is C19H23N5OS. The topological polar surface area (TPSA) is 64.7 Å². The molecule has 3 aromatic rings. The molecule has 0 radical (unpaired) electrons. The lowest BCUT2D eigenvalue weighted by Crippen LogP contribution is -2.16. The molecule has 1 N–H and O–H groups in total. The predicted molar refractivity (Wildman–Crippen MR) is 104 cm³/mol. The van der Waals surface area contributed by atoms with E-state index in [1.54, 1.807) is 0 Å². The largest absolute Gasteiger partial charge is 0.325 e. The Kier molecular flexibility index (Phi) is 6.12. The smallest absolute Gasteiger partial charge is 0.234 e. The van der Waals surface area contributed by atoms with Gasteiger partial charge in [0, 0.05) is 24.5 Å². The molecule has 3 rings (SSSR count). The zero-order valence-electron chi connectivity index (χ0n) is 15.1. The minimum absolute atomic E-state index is 0.0571. The molecule has 0 unspecified atom stereocenters. The lowest BCUT2D eigenvalue weighted by Gasteiger charge is -2.11. The monoisotopic (exact) mass is 369 g/mol. The van der Waals surface area contributed by atoms with Crippen LogP contribution in [0, 0.1) is 0 Å². The number of rotatable bonds is 8. The Morgan fingerprint density at radius 2 is 1.85 bits per heavy atom. The van der Waals surface area contributed by atoms with Crippen LogP contribution in [0.1, 0.15) is 31.7 Å². The number of hydrogen-bond acceptors (Lipinski definition) is 4. The van der Waals surface area contributed by atoms with E-state index in [4.69, 9.17) is 0 Å². The molecule has 0 saturated carbocycles. The van der Waals surface area contributed by atoms with E-state index >= 15 is 0 Å². The summed E-state index contributed by atoms with van der Waals surface area (Å²) in [7, 11) is 0. The third kappa shape index (κ3) is 4.35. The Balaban J connectivity index is 1.66. The minimum atomic E-state index is -0.0571. The van der Waals surface area contributed by atoms with Crippen molar-refractivity contribution >= 4 is 23.4 Å². The molecule has 0 aliphatic rings. The maximum Gasteiger partial charge on any atom is 0.234 e. The standard InChI is InChI=1S/C19H23N5OS/c1-3-7-17-21-22-19(24(17)23-12-5-6-13-23)26-14-18(25)20-16-10-8-15(4-2)9-11-16/h5-6,8-13H,3-4,7,14H2,1-2H3,(H,20,25). The highest BCUT2D eigenvalue weighted by Gasteiger charge is 2.15. The van der Waals surface area contributed by atoms with E-state index in [9.17, 15) is 4.79 Å². The first-order valence-electron chi connectivity index (χ1n) is 8.80. The van der Waals surface area contributed by atoms with Crippen LogP contribution < -0.4 is 5.32 Å². The fourth-order valence-electron chi connectivity index (χ4n) is 2.61. The lowest BCUT2D eigenvalue weighted by molar-refractivity contribution is -0.113. The van der Waals surface area contributed by atoms with Crippen LogP contribution in [0.4, 0.5) is 5.69 Å². The Labute approximate surface area is 157 Å². The third-order valence-electron chi connectivity index (χ3n) is 3.95. The second-order valence-corrected chi connectivity index (χ2v) is 6.85. The van der Waals surface area contributed by atoms with Gasteiger partial charge in [-0.15, -0.1) is 10.2 Å². The van der Waals surface area contributed by atoms with E-state index < -0.39 is 0 Å². The average molecular weight is 369 g/mol. The van der Waals surface area contributed by atoms with Gasteiger partial charge in [-0.25, -0.2) is 4.68 Å². The normalized spacial score (nSPS) is 10.8. The van der Waals surface area contributed by atoms with Gasteiger partial charge in [0.25, 0.3) is 0 Å². The van der Waals surface area contributed by atoms with E-state index in [1.165, 1.54) is 17.3 Å². The van der Waals surface area contributed by atoms with Gasteiger partial charge in [0.05, 0.1) is 5.75 Å². The van der Waals surface area contributed by atoms with Crippen LogP contribution in [0.2, 0.25) is 0 Å². The first-order valence-corrected chi connectivity index (χ1v) is 9.79. The summed E-state index contributed by atoms with van der Waals surface area (Å²) in [4.78, 5) is 12.3. The predicted octanol–water partition coefficient (Wildman–Crippen LogP) is 3.64. The number of aryl methyl sites for hydroxylation is 2. The molecule has 0 aliphatic carbocycles. The number of aromatic nitrogens is 4. The van der Waals surface area contributed by atoms with Crippen LogP contribution in [0.3, 0.4) is 0 Å². The number of hydrogen-bond donors (Lipinski definition) is 1. The van der Waals surface area contributed by atoms with Crippen LogP contribution in [0.25, 0.3) is 0 Å². The number of carbonyl (C=O) groups excluding carboxylic acids is 1. The molecule has 1 aromatic carbocycles. The van der Waals surface area contributed by atoms with E-state index in [0.717, 1.165) is 30.8 Å². The first-order chi connectivity index (χ1) is 12.7. The number of benzene rings is 1. The molecule has 7 heteroatoms. The molecule has 1 amide bonds. The van der Waals surface area contributed by atoms with Crippen LogP contribution in [0.5, 0.6) is 0 Å². The number of thioether (sulfide) groups is 1. The third-order valence-corrected chi connectivity index (χ3v) is 4.87. The van der Waals surface area contributed by atoms with Gasteiger partial charge in [-0.3, -0.25) is 9.47 Å². The zero-order valence-corrected chi connectivity index (χ0v) is 15.9. The summed E-state index contributed by atoms with van der Waals surface area (Å²) in [6.07, 6.45) is 6.70. The van der Waals surface area contributed by atoms with E-state index in [1.807, 2.05) is 58.1 Å². The van der Waals surface area contributed by atoms with Crippen molar-refractivity contribution in [3.8, 4) is 0 Å². The number of nitrogens with one attached hydrogen (secondary N) is 1. The number of carbonyl (C=O) groups is 1. The van der Waals surface area contributed by atoms with Gasteiger partial charge in [-0.1, -0.05) is 37.7 Å². The number of nitrogens with zero attached hydrogens (tertiary/aromatic N) is 4. The second kappa shape index (κ2) is 8.71. The fourth-order valence-corrected chi connectivity index (χ4v) is 3.36. The van der Waals surface area contributed by atoms with E-state index in [-0.39, 0.29) is 11.7 Å². The minimum Gasteiger partial charge on any atom is -0.325 e. The van der Waals surface area contributed by atoms with Crippen LogP contribution in [-0.2, 0) is 17.6 Å². The molecule has 2 aromatic heterocycles. The molecule has 26 heavy (non-hydrogen) atoms. The lowest BCUT2D eigenvalue weighted by atomic mass is 10.1. The van der Waals surface area contributed by atoms with E-state index in [0.29, 0.717) is 5.16 Å². The Hall–Kier alpha value is -2.54. The SMILES string of the molecule is CCCc1nnc(SCC(=O)Nc2ccc(CC)cc2)n1-n1cccc1. The summed E-state index contributed by atoms with van der Waals surface area (Å²) >= 11 is 1.38. The van der Waals surface area contributed by atoms with Crippen molar-refractivity contribution in [3.05, 3.63) is 60.2 Å². The summed E-state index contributed by atoms with van der Waals surface area (Å²) in [5, 5.41) is 12.2. The van der Waals surface area contributed by atoms with Crippen LogP contribution >= 0.6 is 11.8 Å². The first kappa shape index (κ1) is 18.3. The Bertz CT molecular complexity index is 839. The number of amides is 1. The number of anilines is 1. The fraction of sp³-hybridized carbons (Fsp3) is 0.316. The highest BCUT2D eigenvalue weighted by molar-refractivity contribution is 7.99. The van der Waals surface area contributed by atoms with Crippen molar-refractivity contribution < 1.29 is 4.79 Å². The maximum atomic E-state index is 12.3. The van der Waals surface area contributed by atoms with Gasteiger partial charge in [0.2, 0.25) is 11.1 Å². The van der Waals surface area contributed by atoms with Gasteiger partial charge in [-0.05, 0) is 42.7 Å². The molecule has 0 bridgehead atoms. The summed E-state index contributed by atoms with van der Waals surface area (Å²) in [6, 6.07) is 11.8. The average Bonchev–Trinajstić information content (AvgIpc) is 3.30. The molecule has 6 nitrogen and oxygen atoms in total. The van der Waals surface area contributed by atoms with Gasteiger partial charge >= 0.3 is 0 Å². The van der Waals surface area contributed by atoms with Crippen molar-refractivity contribution in [1.82, 2.24) is 19.5 Å². The highest BCUT2D eigenvalue weighted by atomic mass is 32.2. The van der Waals surface area contributed by atoms with Gasteiger partial charge in [0.15, 0.2) is 5.82 Å². The Morgan fingerprint density at radius 1 is 1.12 bits per heavy atom. The molecule has 0 saturated heterocycles. The molecule has 0 atom stereocenters. The summed E-state index contributed by atoms with van der Waals surface area (Å²) < 4.78 is 3.90. The summed E-state index contributed by atoms with van der Waals surface area (Å²) in [6.45, 7) is 4.22. The van der Waals surface area contributed by atoms with Crippen molar-refractivity contribution in [3.63, 3.8) is 0 Å². The Morgan fingerprint density at radius 3 is 2.50 bits per heavy atom. The molecule has 2 heterocycles. The van der Waals surface area contributed by atoms with Crippen LogP contribution in [-0.4, -0.2) is 31.2 Å². The quantitative estimate of drug-likeness (QED) is 0.616. The van der Waals surface area contributed by atoms with Crippen molar-refractivity contribution in [2.45, 2.75) is 38.3 Å².